The van der Waals surface area contributed by atoms with Gasteiger partial charge in [0.15, 0.2) is 0 Å². The van der Waals surface area contributed by atoms with Crippen molar-refractivity contribution in [1.29, 1.82) is 0 Å². The van der Waals surface area contributed by atoms with E-state index in [9.17, 15) is 0 Å². The second-order valence-electron chi connectivity index (χ2n) is 11.2. The standard InChI is InChI=1S/C24H20N2.C10H18/c25-20-13-11-17(12-14-20)21-15-16-22(26)24(19-9-5-2-6-10-19)23(21)18-7-3-1-4-8-18;1-9(2)6-5-7-10(3,4)8-9/h1-16H,25-26H2;5-6H,7-8H2,1-4H3. The Kier molecular flexibility index (Phi) is 7.35. The number of nitrogen functional groups attached to an aromatic ring is 2. The van der Waals surface area contributed by atoms with E-state index in [1.807, 2.05) is 42.5 Å². The van der Waals surface area contributed by atoms with Gasteiger partial charge < -0.3 is 11.5 Å². The van der Waals surface area contributed by atoms with E-state index < -0.39 is 0 Å². The molecule has 0 heterocycles. The zero-order valence-electron chi connectivity index (χ0n) is 22.0. The van der Waals surface area contributed by atoms with E-state index in [-0.39, 0.29) is 0 Å². The molecule has 0 aliphatic heterocycles. The number of anilines is 2. The van der Waals surface area contributed by atoms with Crippen molar-refractivity contribution in [3.05, 3.63) is 109 Å². The van der Waals surface area contributed by atoms with Gasteiger partial charge in [-0.15, -0.1) is 0 Å². The lowest BCUT2D eigenvalue weighted by molar-refractivity contribution is 0.223. The van der Waals surface area contributed by atoms with E-state index in [1.54, 1.807) is 0 Å². The van der Waals surface area contributed by atoms with Gasteiger partial charge in [-0.3, -0.25) is 0 Å². The highest BCUT2D eigenvalue weighted by Gasteiger charge is 2.29. The molecule has 36 heavy (non-hydrogen) atoms. The molecule has 0 spiro atoms. The molecule has 5 rings (SSSR count). The molecule has 0 saturated carbocycles. The van der Waals surface area contributed by atoms with Gasteiger partial charge >= 0.3 is 0 Å². The maximum Gasteiger partial charge on any atom is 0.0400 e. The topological polar surface area (TPSA) is 52.0 Å². The number of hydrogen-bond acceptors (Lipinski definition) is 2. The molecule has 0 aromatic heterocycles. The third-order valence-corrected chi connectivity index (χ3v) is 6.76. The molecule has 184 valence electrons. The zero-order chi connectivity index (χ0) is 25.8. The van der Waals surface area contributed by atoms with Crippen molar-refractivity contribution in [3.8, 4) is 33.4 Å². The molecule has 4 aromatic rings. The van der Waals surface area contributed by atoms with Gasteiger partial charge in [0.05, 0.1) is 0 Å². The lowest BCUT2D eigenvalue weighted by Crippen LogP contribution is -2.24. The van der Waals surface area contributed by atoms with Crippen molar-refractivity contribution in [1.82, 2.24) is 0 Å². The van der Waals surface area contributed by atoms with E-state index in [0.29, 0.717) is 10.8 Å². The van der Waals surface area contributed by atoms with E-state index in [2.05, 4.69) is 94.4 Å². The highest BCUT2D eigenvalue weighted by atomic mass is 14.6. The van der Waals surface area contributed by atoms with Crippen LogP contribution in [0.2, 0.25) is 0 Å². The van der Waals surface area contributed by atoms with Crippen LogP contribution in [0.15, 0.2) is 109 Å². The van der Waals surface area contributed by atoms with Crippen LogP contribution in [0.3, 0.4) is 0 Å². The lowest BCUT2D eigenvalue weighted by atomic mass is 9.69. The van der Waals surface area contributed by atoms with Crippen LogP contribution in [0.4, 0.5) is 11.4 Å². The van der Waals surface area contributed by atoms with Crippen molar-refractivity contribution in [2.45, 2.75) is 40.5 Å². The Labute approximate surface area is 216 Å². The molecule has 2 heteroatoms. The molecular formula is C34H38N2. The van der Waals surface area contributed by atoms with Crippen molar-refractivity contribution >= 4 is 11.4 Å². The van der Waals surface area contributed by atoms with Crippen LogP contribution in [0.25, 0.3) is 33.4 Å². The fourth-order valence-corrected chi connectivity index (χ4v) is 5.40. The molecule has 2 nitrogen and oxygen atoms in total. The van der Waals surface area contributed by atoms with Gasteiger partial charge in [-0.1, -0.05) is 119 Å². The number of hydrogen-bond donors (Lipinski definition) is 2. The second-order valence-corrected chi connectivity index (χ2v) is 11.2. The molecule has 0 fully saturated rings. The van der Waals surface area contributed by atoms with Crippen LogP contribution < -0.4 is 11.5 Å². The predicted octanol–water partition coefficient (Wildman–Crippen LogP) is 9.24. The average molecular weight is 475 g/mol. The average Bonchev–Trinajstić information content (AvgIpc) is 2.84. The van der Waals surface area contributed by atoms with Gasteiger partial charge in [-0.05, 0) is 69.7 Å². The highest BCUT2D eigenvalue weighted by molar-refractivity contribution is 5.99. The molecular weight excluding hydrogens is 436 g/mol. The molecule has 0 atom stereocenters. The predicted molar refractivity (Wildman–Crippen MR) is 158 cm³/mol. The molecule has 4 N–H and O–H groups in total. The summed E-state index contributed by atoms with van der Waals surface area (Å²) in [6.07, 6.45) is 7.23. The minimum Gasteiger partial charge on any atom is -0.399 e. The summed E-state index contributed by atoms with van der Waals surface area (Å²) in [7, 11) is 0. The summed E-state index contributed by atoms with van der Waals surface area (Å²) in [5.41, 5.74) is 21.5. The first-order valence-corrected chi connectivity index (χ1v) is 12.7. The fraction of sp³-hybridized carbons (Fsp3) is 0.235. The van der Waals surface area contributed by atoms with E-state index >= 15 is 0 Å². The highest BCUT2D eigenvalue weighted by Crippen LogP contribution is 2.43. The molecule has 0 radical (unpaired) electrons. The number of allylic oxidation sites excluding steroid dienone is 2. The van der Waals surface area contributed by atoms with Gasteiger partial charge in [0.2, 0.25) is 0 Å². The van der Waals surface area contributed by atoms with E-state index in [4.69, 9.17) is 11.5 Å². The SMILES string of the molecule is CC1(C)C=CCC(C)(C)C1.Nc1ccc(-c2ccc(N)c(-c3ccccc3)c2-c2ccccc2)cc1. The van der Waals surface area contributed by atoms with Gasteiger partial charge in [-0.25, -0.2) is 0 Å². The normalized spacial score (nSPS) is 15.6. The Hall–Kier alpha value is -3.78. The molecule has 1 aliphatic carbocycles. The summed E-state index contributed by atoms with van der Waals surface area (Å²) in [6, 6.07) is 32.8. The van der Waals surface area contributed by atoms with Crippen LogP contribution in [-0.4, -0.2) is 0 Å². The summed E-state index contributed by atoms with van der Waals surface area (Å²) in [5.74, 6) is 0. The van der Waals surface area contributed by atoms with Gasteiger partial charge in [0, 0.05) is 16.9 Å². The first-order valence-electron chi connectivity index (χ1n) is 12.7. The van der Waals surface area contributed by atoms with Crippen LogP contribution >= 0.6 is 0 Å². The second kappa shape index (κ2) is 10.5. The summed E-state index contributed by atoms with van der Waals surface area (Å²) in [4.78, 5) is 0. The molecule has 4 aromatic carbocycles. The van der Waals surface area contributed by atoms with Crippen molar-refractivity contribution in [2.75, 3.05) is 11.5 Å². The van der Waals surface area contributed by atoms with E-state index in [1.165, 1.54) is 12.8 Å². The quantitative estimate of drug-likeness (QED) is 0.230. The van der Waals surface area contributed by atoms with Gasteiger partial charge in [0.1, 0.15) is 0 Å². The van der Waals surface area contributed by atoms with Crippen LogP contribution in [0.5, 0.6) is 0 Å². The van der Waals surface area contributed by atoms with Crippen molar-refractivity contribution in [3.63, 3.8) is 0 Å². The van der Waals surface area contributed by atoms with Gasteiger partial charge in [0.25, 0.3) is 0 Å². The minimum atomic E-state index is 0.432. The first kappa shape index (κ1) is 25.3. The Balaban J connectivity index is 0.000000256. The molecule has 0 unspecified atom stereocenters. The van der Waals surface area contributed by atoms with Crippen molar-refractivity contribution < 1.29 is 0 Å². The number of rotatable bonds is 3. The molecule has 1 aliphatic rings. The Morgan fingerprint density at radius 3 is 1.64 bits per heavy atom. The van der Waals surface area contributed by atoms with E-state index in [0.717, 1.165) is 44.8 Å². The Bertz CT molecular complexity index is 1320. The molecule has 0 amide bonds. The summed E-state index contributed by atoms with van der Waals surface area (Å²) >= 11 is 0. The Morgan fingerprint density at radius 1 is 0.583 bits per heavy atom. The maximum absolute atomic E-state index is 6.44. The largest absolute Gasteiger partial charge is 0.399 e. The minimum absolute atomic E-state index is 0.432. The third kappa shape index (κ3) is 6.07. The summed E-state index contributed by atoms with van der Waals surface area (Å²) in [6.45, 7) is 9.31. The number of nitrogens with two attached hydrogens (primary N) is 2. The zero-order valence-corrected chi connectivity index (χ0v) is 22.0. The fourth-order valence-electron chi connectivity index (χ4n) is 5.40. The van der Waals surface area contributed by atoms with Gasteiger partial charge in [-0.2, -0.15) is 0 Å². The first-order chi connectivity index (χ1) is 17.2. The smallest absolute Gasteiger partial charge is 0.0400 e. The maximum atomic E-state index is 6.44. The summed E-state index contributed by atoms with van der Waals surface area (Å²) in [5, 5.41) is 0. The number of benzene rings is 4. The van der Waals surface area contributed by atoms with Crippen LogP contribution in [-0.2, 0) is 0 Å². The molecule has 0 saturated heterocycles. The Morgan fingerprint density at radius 2 is 1.14 bits per heavy atom. The monoisotopic (exact) mass is 474 g/mol. The summed E-state index contributed by atoms with van der Waals surface area (Å²) < 4.78 is 0. The van der Waals surface area contributed by atoms with Crippen LogP contribution in [0.1, 0.15) is 40.5 Å². The lowest BCUT2D eigenvalue weighted by Gasteiger charge is -2.36. The molecule has 0 bridgehead atoms. The van der Waals surface area contributed by atoms with Crippen LogP contribution in [0, 0.1) is 10.8 Å². The van der Waals surface area contributed by atoms with Crippen molar-refractivity contribution in [2.24, 2.45) is 10.8 Å². The third-order valence-electron chi connectivity index (χ3n) is 6.76.